The van der Waals surface area contributed by atoms with Gasteiger partial charge in [0.05, 0.1) is 6.54 Å². The van der Waals surface area contributed by atoms with Gasteiger partial charge in [-0.15, -0.1) is 0 Å². The number of rotatable bonds is 4. The minimum atomic E-state index is -0.479. The van der Waals surface area contributed by atoms with E-state index < -0.39 is 5.60 Å². The number of nitrogens with one attached hydrogen (secondary N) is 1. The Labute approximate surface area is 127 Å². The lowest BCUT2D eigenvalue weighted by molar-refractivity contribution is -0.127. The summed E-state index contributed by atoms with van der Waals surface area (Å²) < 4.78 is 5.46. The van der Waals surface area contributed by atoms with Gasteiger partial charge in [-0.25, -0.2) is 4.79 Å². The smallest absolute Gasteiger partial charge is 0.410 e. The second-order valence-corrected chi connectivity index (χ2v) is 6.74. The highest BCUT2D eigenvalue weighted by molar-refractivity contribution is 5.77. The molecule has 1 aliphatic heterocycles. The molecule has 0 aliphatic carbocycles. The van der Waals surface area contributed by atoms with E-state index in [9.17, 15) is 9.59 Å². The SMILES string of the molecule is CN(C)C(=O)CNCC1CCCCN1C(=O)OC(C)(C)C. The van der Waals surface area contributed by atoms with Gasteiger partial charge in [0.1, 0.15) is 5.60 Å². The molecule has 1 rings (SSSR count). The Morgan fingerprint density at radius 3 is 2.52 bits per heavy atom. The average molecular weight is 299 g/mol. The largest absolute Gasteiger partial charge is 0.444 e. The quantitative estimate of drug-likeness (QED) is 0.853. The van der Waals surface area contributed by atoms with Gasteiger partial charge in [0.25, 0.3) is 0 Å². The molecule has 0 radical (unpaired) electrons. The second kappa shape index (κ2) is 7.64. The van der Waals surface area contributed by atoms with Crippen LogP contribution in [0.4, 0.5) is 4.79 Å². The van der Waals surface area contributed by atoms with E-state index in [1.165, 1.54) is 0 Å². The normalized spacial score (nSPS) is 19.3. The lowest BCUT2D eigenvalue weighted by Gasteiger charge is -2.36. The van der Waals surface area contributed by atoms with Gasteiger partial charge in [0.2, 0.25) is 5.91 Å². The van der Waals surface area contributed by atoms with Crippen LogP contribution in [0.3, 0.4) is 0 Å². The summed E-state index contributed by atoms with van der Waals surface area (Å²) in [5, 5.41) is 3.14. The maximum Gasteiger partial charge on any atom is 0.410 e. The van der Waals surface area contributed by atoms with Crippen molar-refractivity contribution in [2.45, 2.75) is 51.7 Å². The molecule has 1 unspecified atom stereocenters. The second-order valence-electron chi connectivity index (χ2n) is 6.74. The van der Waals surface area contributed by atoms with Gasteiger partial charge >= 0.3 is 6.09 Å². The summed E-state index contributed by atoms with van der Waals surface area (Å²) in [5.41, 5.74) is -0.479. The van der Waals surface area contributed by atoms with Gasteiger partial charge in [0, 0.05) is 33.2 Å². The van der Waals surface area contributed by atoms with E-state index in [2.05, 4.69) is 5.32 Å². The summed E-state index contributed by atoms with van der Waals surface area (Å²) >= 11 is 0. The Morgan fingerprint density at radius 2 is 1.95 bits per heavy atom. The zero-order valence-corrected chi connectivity index (χ0v) is 13.9. The first-order valence-corrected chi connectivity index (χ1v) is 7.61. The fourth-order valence-electron chi connectivity index (χ4n) is 2.28. The van der Waals surface area contributed by atoms with E-state index >= 15 is 0 Å². The molecule has 122 valence electrons. The molecule has 1 heterocycles. The van der Waals surface area contributed by atoms with Crippen LogP contribution >= 0.6 is 0 Å². The first-order chi connectivity index (χ1) is 9.70. The van der Waals surface area contributed by atoms with E-state index in [1.54, 1.807) is 23.9 Å². The first kappa shape index (κ1) is 17.8. The zero-order chi connectivity index (χ0) is 16.0. The highest BCUT2D eigenvalue weighted by Gasteiger charge is 2.30. The Balaban J connectivity index is 2.49. The summed E-state index contributed by atoms with van der Waals surface area (Å²) in [6.45, 7) is 7.26. The van der Waals surface area contributed by atoms with Crippen LogP contribution in [0.1, 0.15) is 40.0 Å². The number of hydrogen-bond acceptors (Lipinski definition) is 4. The molecule has 1 atom stereocenters. The Hall–Kier alpha value is -1.30. The number of carbonyl (C=O) groups is 2. The van der Waals surface area contributed by atoms with Crippen molar-refractivity contribution < 1.29 is 14.3 Å². The van der Waals surface area contributed by atoms with E-state index in [0.717, 1.165) is 25.8 Å². The fraction of sp³-hybridized carbons (Fsp3) is 0.867. The third-order valence-corrected chi connectivity index (χ3v) is 3.41. The summed E-state index contributed by atoms with van der Waals surface area (Å²) in [5.74, 6) is 0.0367. The molecular weight excluding hydrogens is 270 g/mol. The van der Waals surface area contributed by atoms with Gasteiger partial charge in [-0.3, -0.25) is 4.79 Å². The van der Waals surface area contributed by atoms with Crippen molar-refractivity contribution in [3.05, 3.63) is 0 Å². The first-order valence-electron chi connectivity index (χ1n) is 7.61. The van der Waals surface area contributed by atoms with Crippen LogP contribution in [0.5, 0.6) is 0 Å². The Morgan fingerprint density at radius 1 is 1.29 bits per heavy atom. The van der Waals surface area contributed by atoms with Crippen LogP contribution in [0.2, 0.25) is 0 Å². The van der Waals surface area contributed by atoms with Crippen LogP contribution in [-0.4, -0.2) is 67.2 Å². The molecule has 1 N–H and O–H groups in total. The third-order valence-electron chi connectivity index (χ3n) is 3.41. The molecule has 0 bridgehead atoms. The average Bonchev–Trinajstić information content (AvgIpc) is 2.37. The molecule has 0 aromatic carbocycles. The summed E-state index contributed by atoms with van der Waals surface area (Å²) in [4.78, 5) is 27.1. The van der Waals surface area contributed by atoms with Gasteiger partial charge < -0.3 is 19.9 Å². The number of piperidine rings is 1. The highest BCUT2D eigenvalue weighted by Crippen LogP contribution is 2.19. The predicted octanol–water partition coefficient (Wildman–Crippen LogP) is 1.45. The molecule has 0 aromatic heterocycles. The number of ether oxygens (including phenoxy) is 1. The predicted molar refractivity (Wildman–Crippen MR) is 82.1 cm³/mol. The van der Waals surface area contributed by atoms with Crippen molar-refractivity contribution in [3.8, 4) is 0 Å². The van der Waals surface area contributed by atoms with Crippen molar-refractivity contribution in [1.82, 2.24) is 15.1 Å². The number of carbonyl (C=O) groups excluding carboxylic acids is 2. The molecule has 0 spiro atoms. The van der Waals surface area contributed by atoms with Crippen molar-refractivity contribution in [2.75, 3.05) is 33.7 Å². The van der Waals surface area contributed by atoms with Crippen LogP contribution in [-0.2, 0) is 9.53 Å². The standard InChI is InChI=1S/C15H29N3O3/c1-15(2,3)21-14(20)18-9-7-6-8-12(18)10-16-11-13(19)17(4)5/h12,16H,6-11H2,1-5H3. The monoisotopic (exact) mass is 299 g/mol. The summed E-state index contributed by atoms with van der Waals surface area (Å²) in [7, 11) is 3.47. The van der Waals surface area contributed by atoms with Crippen molar-refractivity contribution in [1.29, 1.82) is 0 Å². The molecule has 6 heteroatoms. The zero-order valence-electron chi connectivity index (χ0n) is 13.9. The van der Waals surface area contributed by atoms with Crippen LogP contribution in [0.15, 0.2) is 0 Å². The number of amides is 2. The number of likely N-dealkylation sites (tertiary alicyclic amines) is 1. The van der Waals surface area contributed by atoms with E-state index in [4.69, 9.17) is 4.74 Å². The fourth-order valence-corrected chi connectivity index (χ4v) is 2.28. The lowest BCUT2D eigenvalue weighted by atomic mass is 10.0. The number of likely N-dealkylation sites (N-methyl/N-ethyl adjacent to an activating group) is 1. The van der Waals surface area contributed by atoms with Crippen LogP contribution in [0.25, 0.3) is 0 Å². The minimum absolute atomic E-state index is 0.0367. The molecule has 1 saturated heterocycles. The molecule has 1 fully saturated rings. The van der Waals surface area contributed by atoms with Gasteiger partial charge in [-0.1, -0.05) is 0 Å². The molecule has 1 aliphatic rings. The van der Waals surface area contributed by atoms with Gasteiger partial charge in [-0.2, -0.15) is 0 Å². The van der Waals surface area contributed by atoms with Crippen molar-refractivity contribution in [3.63, 3.8) is 0 Å². The third kappa shape index (κ3) is 6.33. The Bertz CT molecular complexity index is 364. The van der Waals surface area contributed by atoms with Crippen molar-refractivity contribution in [2.24, 2.45) is 0 Å². The topological polar surface area (TPSA) is 61.9 Å². The van der Waals surface area contributed by atoms with E-state index in [-0.39, 0.29) is 18.0 Å². The maximum absolute atomic E-state index is 12.2. The molecule has 2 amide bonds. The highest BCUT2D eigenvalue weighted by atomic mass is 16.6. The van der Waals surface area contributed by atoms with Crippen LogP contribution in [0, 0.1) is 0 Å². The molecule has 0 saturated carbocycles. The minimum Gasteiger partial charge on any atom is -0.444 e. The molecule has 6 nitrogen and oxygen atoms in total. The summed E-state index contributed by atoms with van der Waals surface area (Å²) in [6.07, 6.45) is 2.80. The number of nitrogens with zero attached hydrogens (tertiary/aromatic N) is 2. The number of hydrogen-bond donors (Lipinski definition) is 1. The molecule has 0 aromatic rings. The van der Waals surface area contributed by atoms with E-state index in [0.29, 0.717) is 13.1 Å². The molecule has 21 heavy (non-hydrogen) atoms. The summed E-state index contributed by atoms with van der Waals surface area (Å²) in [6, 6.07) is 0.101. The maximum atomic E-state index is 12.2. The molecular formula is C15H29N3O3. The van der Waals surface area contributed by atoms with Gasteiger partial charge in [0.15, 0.2) is 0 Å². The van der Waals surface area contributed by atoms with E-state index in [1.807, 2.05) is 20.8 Å². The van der Waals surface area contributed by atoms with Crippen molar-refractivity contribution >= 4 is 12.0 Å². The van der Waals surface area contributed by atoms with Gasteiger partial charge in [-0.05, 0) is 40.0 Å². The Kier molecular flexibility index (Phi) is 6.45. The van der Waals surface area contributed by atoms with Crippen LogP contribution < -0.4 is 5.32 Å². The lowest BCUT2D eigenvalue weighted by Crippen LogP contribution is -2.51.